The van der Waals surface area contributed by atoms with Crippen molar-refractivity contribution in [1.82, 2.24) is 15.5 Å². The van der Waals surface area contributed by atoms with Gasteiger partial charge in [0.25, 0.3) is 5.91 Å². The fraction of sp³-hybridized carbons (Fsp3) is 0.0833. The minimum Gasteiger partial charge on any atom is -0.495 e. The maximum absolute atomic E-state index is 13.4. The highest BCUT2D eigenvalue weighted by Crippen LogP contribution is 2.32. The molecule has 156 valence electrons. The molecule has 2 N–H and O–H groups in total. The van der Waals surface area contributed by atoms with Crippen LogP contribution >= 0.6 is 0 Å². The monoisotopic (exact) mass is 419 g/mol. The first-order valence-corrected chi connectivity index (χ1v) is 9.56. The minimum absolute atomic E-state index is 0.181. The third-order valence-electron chi connectivity index (χ3n) is 4.81. The maximum atomic E-state index is 13.4. The summed E-state index contributed by atoms with van der Waals surface area (Å²) < 4.78 is 32.0. The van der Waals surface area contributed by atoms with Gasteiger partial charge in [0.15, 0.2) is 0 Å². The summed E-state index contributed by atoms with van der Waals surface area (Å²) in [5.74, 6) is -0.640. The quantitative estimate of drug-likeness (QED) is 0.465. The molecule has 4 aromatic rings. The van der Waals surface area contributed by atoms with Crippen molar-refractivity contribution in [2.24, 2.45) is 0 Å². The number of ether oxygens (including phenoxy) is 1. The van der Waals surface area contributed by atoms with Crippen LogP contribution in [0.3, 0.4) is 0 Å². The molecule has 0 spiro atoms. The van der Waals surface area contributed by atoms with Crippen LogP contribution in [0, 0.1) is 11.6 Å². The second-order valence-corrected chi connectivity index (χ2v) is 6.88. The normalized spacial score (nSPS) is 11.2. The van der Waals surface area contributed by atoms with E-state index < -0.39 is 0 Å². The lowest BCUT2D eigenvalue weighted by Gasteiger charge is -2.11. The molecule has 0 fully saturated rings. The van der Waals surface area contributed by atoms with Crippen molar-refractivity contribution >= 4 is 29.0 Å². The van der Waals surface area contributed by atoms with Crippen LogP contribution in [0.4, 0.5) is 8.78 Å². The zero-order valence-corrected chi connectivity index (χ0v) is 16.7. The maximum Gasteiger partial charge on any atom is 0.255 e. The summed E-state index contributed by atoms with van der Waals surface area (Å²) in [5, 5.41) is 10.7. The molecule has 0 radical (unpaired) electrons. The van der Waals surface area contributed by atoms with Crippen molar-refractivity contribution < 1.29 is 18.3 Å². The summed E-state index contributed by atoms with van der Waals surface area (Å²) in [4.78, 5) is 12.8. The Morgan fingerprint density at radius 3 is 2.61 bits per heavy atom. The van der Waals surface area contributed by atoms with E-state index in [1.165, 1.54) is 31.4 Å². The Balaban J connectivity index is 1.63. The van der Waals surface area contributed by atoms with Gasteiger partial charge in [0.05, 0.1) is 29.3 Å². The summed E-state index contributed by atoms with van der Waals surface area (Å²) in [6.07, 6.45) is 3.56. The fourth-order valence-corrected chi connectivity index (χ4v) is 3.29. The van der Waals surface area contributed by atoms with Crippen LogP contribution < -0.4 is 10.1 Å². The van der Waals surface area contributed by atoms with Gasteiger partial charge in [-0.05, 0) is 53.6 Å². The van der Waals surface area contributed by atoms with Gasteiger partial charge in [-0.15, -0.1) is 0 Å². The second kappa shape index (κ2) is 8.79. The lowest BCUT2D eigenvalue weighted by Crippen LogP contribution is -2.23. The second-order valence-electron chi connectivity index (χ2n) is 6.88. The number of amides is 1. The smallest absolute Gasteiger partial charge is 0.255 e. The van der Waals surface area contributed by atoms with Gasteiger partial charge in [0, 0.05) is 6.54 Å². The average molecular weight is 419 g/mol. The SMILES string of the molecule is COc1c(C(=O)NCc2cccc(F)c2)ccc2[nH]nc(C=Cc3ccc(F)cc3)c12. The number of methoxy groups -OCH3 is 1. The molecule has 1 amide bonds. The van der Waals surface area contributed by atoms with E-state index in [1.807, 2.05) is 0 Å². The molecule has 0 bridgehead atoms. The van der Waals surface area contributed by atoms with Crippen LogP contribution in [-0.2, 0) is 6.54 Å². The summed E-state index contributed by atoms with van der Waals surface area (Å²) >= 11 is 0. The number of hydrogen-bond donors (Lipinski definition) is 2. The zero-order chi connectivity index (χ0) is 21.8. The van der Waals surface area contributed by atoms with Crippen molar-refractivity contribution in [1.29, 1.82) is 0 Å². The Hall–Kier alpha value is -4.00. The standard InChI is InChI=1S/C24H19F2N3O2/c1-31-23-19(24(30)27-14-16-3-2-4-18(26)13-16)10-12-21-22(23)20(28-29-21)11-7-15-5-8-17(25)9-6-15/h2-13H,14H2,1H3,(H,27,30)(H,28,29). The predicted octanol–water partition coefficient (Wildman–Crippen LogP) is 4.95. The van der Waals surface area contributed by atoms with Gasteiger partial charge < -0.3 is 10.1 Å². The number of carbonyl (C=O) groups excluding carboxylic acids is 1. The Kier molecular flexibility index (Phi) is 5.75. The Bertz CT molecular complexity index is 1260. The van der Waals surface area contributed by atoms with E-state index in [4.69, 9.17) is 4.74 Å². The zero-order valence-electron chi connectivity index (χ0n) is 16.7. The van der Waals surface area contributed by atoms with Crippen molar-refractivity contribution in [3.05, 3.63) is 94.7 Å². The van der Waals surface area contributed by atoms with E-state index in [0.717, 1.165) is 5.56 Å². The van der Waals surface area contributed by atoms with Crippen LogP contribution in [0.1, 0.15) is 27.2 Å². The molecule has 0 atom stereocenters. The molecule has 3 aromatic carbocycles. The number of benzene rings is 3. The van der Waals surface area contributed by atoms with Crippen LogP contribution in [0.5, 0.6) is 5.75 Å². The third kappa shape index (κ3) is 4.45. The van der Waals surface area contributed by atoms with E-state index >= 15 is 0 Å². The molecule has 4 rings (SSSR count). The number of nitrogens with zero attached hydrogens (tertiary/aromatic N) is 1. The topological polar surface area (TPSA) is 67.0 Å². The highest BCUT2D eigenvalue weighted by atomic mass is 19.1. The molecule has 1 heterocycles. The Labute approximate surface area is 177 Å². The molecule has 0 aliphatic rings. The first-order valence-electron chi connectivity index (χ1n) is 9.56. The number of hydrogen-bond acceptors (Lipinski definition) is 3. The van der Waals surface area contributed by atoms with E-state index in [9.17, 15) is 13.6 Å². The molecular weight excluding hydrogens is 400 g/mol. The first kappa shape index (κ1) is 20.3. The number of nitrogens with one attached hydrogen (secondary N) is 2. The summed E-state index contributed by atoms with van der Waals surface area (Å²) in [6, 6.07) is 15.5. The van der Waals surface area contributed by atoms with Crippen LogP contribution in [0.25, 0.3) is 23.1 Å². The molecule has 31 heavy (non-hydrogen) atoms. The van der Waals surface area contributed by atoms with Crippen molar-refractivity contribution in [3.63, 3.8) is 0 Å². The molecule has 7 heteroatoms. The van der Waals surface area contributed by atoms with Gasteiger partial charge in [-0.3, -0.25) is 9.89 Å². The average Bonchev–Trinajstić information content (AvgIpc) is 3.19. The molecule has 1 aromatic heterocycles. The van der Waals surface area contributed by atoms with Crippen molar-refractivity contribution in [3.8, 4) is 5.75 Å². The van der Waals surface area contributed by atoms with Gasteiger partial charge in [0.1, 0.15) is 17.4 Å². The van der Waals surface area contributed by atoms with E-state index in [2.05, 4.69) is 15.5 Å². The number of aromatic amines is 1. The number of rotatable bonds is 6. The van der Waals surface area contributed by atoms with Gasteiger partial charge in [0.2, 0.25) is 0 Å². The molecule has 0 saturated carbocycles. The van der Waals surface area contributed by atoms with E-state index in [1.54, 1.807) is 48.6 Å². The van der Waals surface area contributed by atoms with Gasteiger partial charge >= 0.3 is 0 Å². The summed E-state index contributed by atoms with van der Waals surface area (Å²) in [7, 11) is 1.48. The van der Waals surface area contributed by atoms with Crippen molar-refractivity contribution in [2.45, 2.75) is 6.54 Å². The lowest BCUT2D eigenvalue weighted by molar-refractivity contribution is 0.0948. The minimum atomic E-state index is -0.360. The number of halogens is 2. The number of fused-ring (bicyclic) bond motifs is 1. The first-order chi connectivity index (χ1) is 15.0. The Morgan fingerprint density at radius 1 is 1.06 bits per heavy atom. The van der Waals surface area contributed by atoms with Crippen LogP contribution in [0.15, 0.2) is 60.7 Å². The van der Waals surface area contributed by atoms with Crippen LogP contribution in [0.2, 0.25) is 0 Å². The molecule has 0 unspecified atom stereocenters. The largest absolute Gasteiger partial charge is 0.495 e. The Morgan fingerprint density at radius 2 is 1.87 bits per heavy atom. The lowest BCUT2D eigenvalue weighted by atomic mass is 10.1. The van der Waals surface area contributed by atoms with Gasteiger partial charge in [-0.25, -0.2) is 8.78 Å². The van der Waals surface area contributed by atoms with E-state index in [-0.39, 0.29) is 24.1 Å². The van der Waals surface area contributed by atoms with Gasteiger partial charge in [-0.2, -0.15) is 5.10 Å². The molecule has 0 aliphatic heterocycles. The predicted molar refractivity (Wildman–Crippen MR) is 116 cm³/mol. The number of carbonyl (C=O) groups is 1. The number of aromatic nitrogens is 2. The molecule has 0 aliphatic carbocycles. The van der Waals surface area contributed by atoms with Crippen LogP contribution in [-0.4, -0.2) is 23.2 Å². The molecule has 5 nitrogen and oxygen atoms in total. The number of H-pyrrole nitrogens is 1. The molecule has 0 saturated heterocycles. The fourth-order valence-electron chi connectivity index (χ4n) is 3.29. The highest BCUT2D eigenvalue weighted by molar-refractivity contribution is 6.05. The highest BCUT2D eigenvalue weighted by Gasteiger charge is 2.18. The molecular formula is C24H19F2N3O2. The van der Waals surface area contributed by atoms with Gasteiger partial charge in [-0.1, -0.05) is 30.3 Å². The summed E-state index contributed by atoms with van der Waals surface area (Å²) in [6.45, 7) is 0.181. The van der Waals surface area contributed by atoms with E-state index in [0.29, 0.717) is 33.5 Å². The summed E-state index contributed by atoms with van der Waals surface area (Å²) in [5.41, 5.74) is 3.08. The van der Waals surface area contributed by atoms with Crippen molar-refractivity contribution in [2.75, 3.05) is 7.11 Å². The third-order valence-corrected chi connectivity index (χ3v) is 4.81.